The Kier molecular flexibility index (Phi) is 6.35. The fourth-order valence-electron chi connectivity index (χ4n) is 4.07. The molecule has 0 radical (unpaired) electrons. The van der Waals surface area contributed by atoms with Crippen LogP contribution in [0.1, 0.15) is 22.3 Å². The van der Waals surface area contributed by atoms with Crippen LogP contribution < -0.4 is 0 Å². The quantitative estimate of drug-likeness (QED) is 0.205. The summed E-state index contributed by atoms with van der Waals surface area (Å²) in [7, 11) is 0. The number of allylic oxidation sites excluding steroid dienone is 2. The van der Waals surface area contributed by atoms with Gasteiger partial charge in [-0.2, -0.15) is 0 Å². The van der Waals surface area contributed by atoms with Crippen molar-refractivity contribution in [2.45, 2.75) is 5.41 Å². The molecular formula is C29H20Br2Se. The second-order valence-corrected chi connectivity index (χ2v) is 11.8. The summed E-state index contributed by atoms with van der Waals surface area (Å²) >= 11 is 7.37. The molecule has 0 aromatic heterocycles. The zero-order valence-electron chi connectivity index (χ0n) is 17.2. The van der Waals surface area contributed by atoms with Crippen molar-refractivity contribution in [3.8, 4) is 0 Å². The van der Waals surface area contributed by atoms with Crippen LogP contribution in [0.2, 0.25) is 0 Å². The van der Waals surface area contributed by atoms with Crippen LogP contribution in [0.5, 0.6) is 0 Å². The Morgan fingerprint density at radius 3 is 1.22 bits per heavy atom. The fourth-order valence-corrected chi connectivity index (χ4v) is 7.19. The molecule has 0 N–H and O–H groups in total. The van der Waals surface area contributed by atoms with Gasteiger partial charge in [-0.25, -0.2) is 0 Å². The summed E-state index contributed by atoms with van der Waals surface area (Å²) in [6.07, 6.45) is 4.98. The average Bonchev–Trinajstić information content (AvgIpc) is 2.86. The van der Waals surface area contributed by atoms with Gasteiger partial charge in [-0.15, -0.1) is 0 Å². The molecule has 0 atom stereocenters. The molecule has 1 aliphatic rings. The molecule has 3 heteroatoms. The van der Waals surface area contributed by atoms with E-state index in [-0.39, 0.29) is 20.4 Å². The third-order valence-electron chi connectivity index (χ3n) is 5.70. The van der Waals surface area contributed by atoms with Crippen molar-refractivity contribution in [2.75, 3.05) is 0 Å². The summed E-state index contributed by atoms with van der Waals surface area (Å²) < 4.78 is 5.01. The van der Waals surface area contributed by atoms with Gasteiger partial charge in [-0.1, -0.05) is 0 Å². The molecular weight excluding hydrogens is 587 g/mol. The standard InChI is InChI=1S/C29H20Br2Se/c30-25-15-11-21(12-16-25)27-19-29(23-7-3-1-4-8-23,24-9-5-2-6-10-24)20-28(32-27)22-13-17-26(31)18-14-22/h1-20H. The zero-order chi connectivity index (χ0) is 22.0. The van der Waals surface area contributed by atoms with Gasteiger partial charge in [0.15, 0.2) is 0 Å². The van der Waals surface area contributed by atoms with E-state index in [0.717, 1.165) is 8.95 Å². The van der Waals surface area contributed by atoms with E-state index in [1.54, 1.807) is 0 Å². The third kappa shape index (κ3) is 4.36. The average molecular weight is 607 g/mol. The molecule has 0 fully saturated rings. The summed E-state index contributed by atoms with van der Waals surface area (Å²) in [5.41, 5.74) is 4.81. The van der Waals surface area contributed by atoms with Gasteiger partial charge in [-0.3, -0.25) is 0 Å². The summed E-state index contributed by atoms with van der Waals surface area (Å²) in [5.74, 6) is 0. The second-order valence-electron chi connectivity index (χ2n) is 7.73. The molecule has 4 aromatic carbocycles. The number of hydrogen-bond donors (Lipinski definition) is 0. The molecule has 156 valence electrons. The minimum absolute atomic E-state index is 0.189. The maximum atomic E-state index is 3.59. The summed E-state index contributed by atoms with van der Waals surface area (Å²) in [5, 5.41) is 0. The molecule has 1 aliphatic heterocycles. The van der Waals surface area contributed by atoms with Gasteiger partial charge in [-0.05, 0) is 0 Å². The van der Waals surface area contributed by atoms with Crippen molar-refractivity contribution in [2.24, 2.45) is 0 Å². The van der Waals surface area contributed by atoms with Gasteiger partial charge >= 0.3 is 214 Å². The number of hydrogen-bond acceptors (Lipinski definition) is 0. The van der Waals surface area contributed by atoms with E-state index in [9.17, 15) is 0 Å². The molecule has 0 amide bonds. The Balaban J connectivity index is 1.78. The van der Waals surface area contributed by atoms with Gasteiger partial charge in [0.25, 0.3) is 0 Å². The topological polar surface area (TPSA) is 0 Å². The normalized spacial score (nSPS) is 15.1. The predicted molar refractivity (Wildman–Crippen MR) is 144 cm³/mol. The summed E-state index contributed by atoms with van der Waals surface area (Å²) in [6.45, 7) is 0. The number of rotatable bonds is 4. The SMILES string of the molecule is Brc1ccc(C2=CC(c3ccccc3)(c3ccccc3)C=C(c3ccc(Br)cc3)[Se]2)cc1. The molecule has 32 heavy (non-hydrogen) atoms. The van der Waals surface area contributed by atoms with Crippen molar-refractivity contribution in [3.63, 3.8) is 0 Å². The van der Waals surface area contributed by atoms with Crippen LogP contribution in [0.15, 0.2) is 130 Å². The van der Waals surface area contributed by atoms with E-state index in [4.69, 9.17) is 0 Å². The van der Waals surface area contributed by atoms with E-state index in [1.807, 2.05) is 0 Å². The summed E-state index contributed by atoms with van der Waals surface area (Å²) in [4.78, 5) is 0. The zero-order valence-corrected chi connectivity index (χ0v) is 22.1. The molecule has 0 saturated carbocycles. The Hall–Kier alpha value is -2.16. The molecule has 0 spiro atoms. The van der Waals surface area contributed by atoms with Crippen LogP contribution in [0.3, 0.4) is 0 Å². The first kappa shape index (κ1) is 21.7. The third-order valence-corrected chi connectivity index (χ3v) is 9.16. The molecule has 4 aromatic rings. The molecule has 0 saturated heterocycles. The van der Waals surface area contributed by atoms with Crippen LogP contribution in [-0.2, 0) is 5.41 Å². The Morgan fingerprint density at radius 1 is 0.469 bits per heavy atom. The maximum absolute atomic E-state index is 3.59. The molecule has 0 bridgehead atoms. The second kappa shape index (κ2) is 9.37. The van der Waals surface area contributed by atoms with E-state index in [1.165, 1.54) is 31.2 Å². The van der Waals surface area contributed by atoms with Crippen molar-refractivity contribution < 1.29 is 0 Å². The molecule has 0 aliphatic carbocycles. The molecule has 5 rings (SSSR count). The minimum atomic E-state index is -0.326. The van der Waals surface area contributed by atoms with Crippen molar-refractivity contribution in [1.82, 2.24) is 0 Å². The molecule has 0 nitrogen and oxygen atoms in total. The predicted octanol–water partition coefficient (Wildman–Crippen LogP) is 8.30. The van der Waals surface area contributed by atoms with Gasteiger partial charge < -0.3 is 0 Å². The van der Waals surface area contributed by atoms with Crippen molar-refractivity contribution in [3.05, 3.63) is 153 Å². The van der Waals surface area contributed by atoms with E-state index in [0.29, 0.717) is 0 Å². The Labute approximate surface area is 212 Å². The molecule has 0 unspecified atom stereocenters. The van der Waals surface area contributed by atoms with E-state index >= 15 is 0 Å². The number of benzene rings is 4. The van der Waals surface area contributed by atoms with Gasteiger partial charge in [0.2, 0.25) is 0 Å². The van der Waals surface area contributed by atoms with Crippen LogP contribution >= 0.6 is 31.9 Å². The van der Waals surface area contributed by atoms with Crippen LogP contribution in [-0.4, -0.2) is 15.0 Å². The van der Waals surface area contributed by atoms with Crippen LogP contribution in [0.4, 0.5) is 0 Å². The van der Waals surface area contributed by atoms with Crippen molar-refractivity contribution >= 4 is 55.8 Å². The first-order valence-corrected chi connectivity index (χ1v) is 13.7. The fraction of sp³-hybridized carbons (Fsp3) is 0.0345. The number of halogens is 2. The van der Waals surface area contributed by atoms with Crippen LogP contribution in [0, 0.1) is 0 Å². The Morgan fingerprint density at radius 2 is 0.844 bits per heavy atom. The molecule has 1 heterocycles. The monoisotopic (exact) mass is 606 g/mol. The first-order valence-electron chi connectivity index (χ1n) is 10.4. The van der Waals surface area contributed by atoms with Gasteiger partial charge in [0.1, 0.15) is 0 Å². The van der Waals surface area contributed by atoms with Gasteiger partial charge in [0, 0.05) is 0 Å². The summed E-state index contributed by atoms with van der Waals surface area (Å²) in [6, 6.07) is 39.2. The van der Waals surface area contributed by atoms with E-state index in [2.05, 4.69) is 153 Å². The first-order chi connectivity index (χ1) is 15.6. The van der Waals surface area contributed by atoms with Crippen LogP contribution in [0.25, 0.3) is 8.94 Å². The van der Waals surface area contributed by atoms with E-state index < -0.39 is 0 Å². The Bertz CT molecular complexity index is 1170. The van der Waals surface area contributed by atoms with Crippen molar-refractivity contribution in [1.29, 1.82) is 0 Å². The van der Waals surface area contributed by atoms with Gasteiger partial charge in [0.05, 0.1) is 0 Å².